The summed E-state index contributed by atoms with van der Waals surface area (Å²) >= 11 is 5.88. The average molecular weight is 259 g/mol. The van der Waals surface area contributed by atoms with Gasteiger partial charge in [0, 0.05) is 5.02 Å². The Hall–Kier alpha value is -1.31. The van der Waals surface area contributed by atoms with Crippen LogP contribution in [0.3, 0.4) is 0 Å². The van der Waals surface area contributed by atoms with Crippen molar-refractivity contribution in [2.24, 2.45) is 5.92 Å². The van der Waals surface area contributed by atoms with Crippen molar-refractivity contribution < 1.29 is 5.11 Å². The van der Waals surface area contributed by atoms with E-state index in [1.165, 1.54) is 5.56 Å². The van der Waals surface area contributed by atoms with Crippen LogP contribution in [0, 0.1) is 5.92 Å². The lowest BCUT2D eigenvalue weighted by atomic mass is 10.0. The Labute approximate surface area is 112 Å². The lowest BCUT2D eigenvalue weighted by Gasteiger charge is -2.10. The van der Waals surface area contributed by atoms with Crippen molar-refractivity contribution in [2.75, 3.05) is 0 Å². The summed E-state index contributed by atoms with van der Waals surface area (Å²) in [6.07, 6.45) is 0.699. The number of benzene rings is 2. The maximum atomic E-state index is 10.3. The highest BCUT2D eigenvalue weighted by molar-refractivity contribution is 6.30. The first-order chi connectivity index (χ1) is 8.75. The van der Waals surface area contributed by atoms with Gasteiger partial charge in [-0.2, -0.15) is 0 Å². The van der Waals surface area contributed by atoms with Gasteiger partial charge in [-0.15, -0.1) is 0 Å². The lowest BCUT2D eigenvalue weighted by molar-refractivity contribution is 0.151. The average Bonchev–Trinajstić information content (AvgIpc) is 3.20. The molecule has 2 heteroatoms. The molecule has 0 spiro atoms. The van der Waals surface area contributed by atoms with Gasteiger partial charge in [-0.05, 0) is 41.5 Å². The van der Waals surface area contributed by atoms with Gasteiger partial charge in [-0.1, -0.05) is 54.1 Å². The smallest absolute Gasteiger partial charge is 0.0824 e. The van der Waals surface area contributed by atoms with Gasteiger partial charge in [0.1, 0.15) is 0 Å². The lowest BCUT2D eigenvalue weighted by Crippen LogP contribution is -2.00. The summed E-state index contributed by atoms with van der Waals surface area (Å²) in [4.78, 5) is 0. The zero-order chi connectivity index (χ0) is 12.5. The maximum Gasteiger partial charge on any atom is 0.0824 e. The first kappa shape index (κ1) is 11.8. The van der Waals surface area contributed by atoms with Crippen LogP contribution in [-0.4, -0.2) is 5.11 Å². The second kappa shape index (κ2) is 4.75. The minimum Gasteiger partial charge on any atom is -0.388 e. The summed E-state index contributed by atoms with van der Waals surface area (Å²) in [7, 11) is 0. The van der Waals surface area contributed by atoms with Crippen LogP contribution in [0.4, 0.5) is 0 Å². The van der Waals surface area contributed by atoms with E-state index in [4.69, 9.17) is 11.6 Å². The van der Waals surface area contributed by atoms with E-state index >= 15 is 0 Å². The van der Waals surface area contributed by atoms with Gasteiger partial charge in [-0.25, -0.2) is 0 Å². The minimum absolute atomic E-state index is 0.341. The van der Waals surface area contributed by atoms with Gasteiger partial charge >= 0.3 is 0 Å². The second-order valence-corrected chi connectivity index (χ2v) is 5.35. The monoisotopic (exact) mass is 258 g/mol. The standard InChI is InChI=1S/C16H15ClO/c17-13-8-6-11(7-9-13)14-10-15(14)16(18)12-4-2-1-3-5-12/h1-9,14-16,18H,10H2/t14-,15+,16?/m0/s1. The zero-order valence-corrected chi connectivity index (χ0v) is 10.7. The van der Waals surface area contributed by atoms with Crippen molar-refractivity contribution in [3.8, 4) is 0 Å². The largest absolute Gasteiger partial charge is 0.388 e. The molecule has 92 valence electrons. The molecule has 1 unspecified atom stereocenters. The van der Waals surface area contributed by atoms with E-state index in [9.17, 15) is 5.11 Å². The van der Waals surface area contributed by atoms with Crippen LogP contribution in [0.25, 0.3) is 0 Å². The predicted octanol–water partition coefficient (Wildman–Crippen LogP) is 4.18. The van der Waals surface area contributed by atoms with Crippen LogP contribution in [-0.2, 0) is 0 Å². The Morgan fingerprint density at radius 1 is 1.00 bits per heavy atom. The Bertz CT molecular complexity index is 521. The summed E-state index contributed by atoms with van der Waals surface area (Å²) in [5, 5.41) is 11.1. The SMILES string of the molecule is OC(c1ccccc1)[C@@H]1C[C@H]1c1ccc(Cl)cc1. The van der Waals surface area contributed by atoms with Gasteiger partial charge in [0.05, 0.1) is 6.10 Å². The van der Waals surface area contributed by atoms with Crippen LogP contribution >= 0.6 is 11.6 Å². The number of aliphatic hydroxyl groups excluding tert-OH is 1. The third-order valence-corrected chi connectivity index (χ3v) is 3.94. The predicted molar refractivity (Wildman–Crippen MR) is 73.7 cm³/mol. The van der Waals surface area contributed by atoms with Crippen molar-refractivity contribution in [3.63, 3.8) is 0 Å². The third-order valence-electron chi connectivity index (χ3n) is 3.68. The van der Waals surface area contributed by atoms with E-state index in [0.29, 0.717) is 11.8 Å². The molecule has 1 aliphatic carbocycles. The molecule has 2 aromatic carbocycles. The summed E-state index contributed by atoms with van der Waals surface area (Å²) < 4.78 is 0. The van der Waals surface area contributed by atoms with Gasteiger partial charge < -0.3 is 5.11 Å². The number of halogens is 1. The van der Waals surface area contributed by atoms with E-state index in [-0.39, 0.29) is 6.10 Å². The fraction of sp³-hybridized carbons (Fsp3) is 0.250. The first-order valence-electron chi connectivity index (χ1n) is 6.24. The van der Waals surface area contributed by atoms with Crippen LogP contribution in [0.5, 0.6) is 0 Å². The quantitative estimate of drug-likeness (QED) is 0.876. The molecule has 1 saturated carbocycles. The van der Waals surface area contributed by atoms with Crippen molar-refractivity contribution in [1.29, 1.82) is 0 Å². The molecule has 0 saturated heterocycles. The molecule has 0 heterocycles. The number of aliphatic hydroxyl groups is 1. The molecule has 0 aromatic heterocycles. The molecule has 0 aliphatic heterocycles. The molecular formula is C16H15ClO. The minimum atomic E-state index is -0.355. The second-order valence-electron chi connectivity index (χ2n) is 4.91. The van der Waals surface area contributed by atoms with Gasteiger partial charge in [0.15, 0.2) is 0 Å². The van der Waals surface area contributed by atoms with Crippen molar-refractivity contribution in [3.05, 3.63) is 70.7 Å². The summed E-state index contributed by atoms with van der Waals surface area (Å²) in [6.45, 7) is 0. The van der Waals surface area contributed by atoms with E-state index in [1.807, 2.05) is 42.5 Å². The Kier molecular flexibility index (Phi) is 3.11. The van der Waals surface area contributed by atoms with E-state index < -0.39 is 0 Å². The molecular weight excluding hydrogens is 244 g/mol. The van der Waals surface area contributed by atoms with Crippen molar-refractivity contribution in [1.82, 2.24) is 0 Å². The molecule has 0 bridgehead atoms. The number of rotatable bonds is 3. The summed E-state index contributed by atoms with van der Waals surface area (Å²) in [5.41, 5.74) is 2.29. The topological polar surface area (TPSA) is 20.2 Å². The molecule has 18 heavy (non-hydrogen) atoms. The van der Waals surface area contributed by atoms with Crippen LogP contribution in [0.1, 0.15) is 29.6 Å². The summed E-state index contributed by atoms with van der Waals surface area (Å²) in [6, 6.07) is 17.8. The van der Waals surface area contributed by atoms with E-state index in [0.717, 1.165) is 17.0 Å². The molecule has 1 fully saturated rings. The molecule has 1 N–H and O–H groups in total. The first-order valence-corrected chi connectivity index (χ1v) is 6.62. The fourth-order valence-corrected chi connectivity index (χ4v) is 2.68. The van der Waals surface area contributed by atoms with Crippen LogP contribution in [0.2, 0.25) is 5.02 Å². The molecule has 0 radical (unpaired) electrons. The summed E-state index contributed by atoms with van der Waals surface area (Å²) in [5.74, 6) is 0.811. The third kappa shape index (κ3) is 2.29. The van der Waals surface area contributed by atoms with Crippen LogP contribution in [0.15, 0.2) is 54.6 Å². The molecule has 3 rings (SSSR count). The highest BCUT2D eigenvalue weighted by Gasteiger charge is 2.43. The normalized spacial score (nSPS) is 23.7. The van der Waals surface area contributed by atoms with E-state index in [1.54, 1.807) is 0 Å². The number of hydrogen-bond donors (Lipinski definition) is 1. The molecule has 2 aromatic rings. The molecule has 0 amide bonds. The Balaban J connectivity index is 1.72. The maximum absolute atomic E-state index is 10.3. The highest BCUT2D eigenvalue weighted by atomic mass is 35.5. The van der Waals surface area contributed by atoms with Crippen molar-refractivity contribution >= 4 is 11.6 Å². The van der Waals surface area contributed by atoms with Gasteiger partial charge in [0.2, 0.25) is 0 Å². The Morgan fingerprint density at radius 3 is 2.33 bits per heavy atom. The van der Waals surface area contributed by atoms with Gasteiger partial charge in [-0.3, -0.25) is 0 Å². The highest BCUT2D eigenvalue weighted by Crippen LogP contribution is 2.54. The zero-order valence-electron chi connectivity index (χ0n) is 9.96. The van der Waals surface area contributed by atoms with Crippen molar-refractivity contribution in [2.45, 2.75) is 18.4 Å². The number of hydrogen-bond acceptors (Lipinski definition) is 1. The van der Waals surface area contributed by atoms with E-state index in [2.05, 4.69) is 12.1 Å². The fourth-order valence-electron chi connectivity index (χ4n) is 2.55. The Morgan fingerprint density at radius 2 is 1.67 bits per heavy atom. The molecule has 3 atom stereocenters. The molecule has 1 nitrogen and oxygen atoms in total. The van der Waals surface area contributed by atoms with Gasteiger partial charge in [0.25, 0.3) is 0 Å². The van der Waals surface area contributed by atoms with Crippen LogP contribution < -0.4 is 0 Å². The molecule has 1 aliphatic rings.